The summed E-state index contributed by atoms with van der Waals surface area (Å²) < 4.78 is 40.2. The first-order chi connectivity index (χ1) is 19.1. The molecule has 0 bridgehead atoms. The molecule has 1 amide bonds. The number of sulfonamides is 1. The Kier molecular flexibility index (Phi) is 7.67. The molecule has 1 aliphatic heterocycles. The van der Waals surface area contributed by atoms with Gasteiger partial charge in [-0.2, -0.15) is 4.31 Å². The van der Waals surface area contributed by atoms with Gasteiger partial charge in [0.05, 0.1) is 24.1 Å². The first-order valence-corrected chi connectivity index (χ1v) is 14.6. The third-order valence-corrected chi connectivity index (χ3v) is 9.23. The average molecular weight is 564 g/mol. The normalized spacial score (nSPS) is 18.8. The zero-order chi connectivity index (χ0) is 28.6. The molecule has 0 saturated carbocycles. The molecule has 5 rings (SSSR count). The van der Waals surface area contributed by atoms with Crippen molar-refractivity contribution in [2.75, 3.05) is 26.7 Å². The van der Waals surface area contributed by atoms with Gasteiger partial charge in [0.25, 0.3) is 5.91 Å². The molecule has 0 saturated heterocycles. The van der Waals surface area contributed by atoms with Crippen molar-refractivity contribution in [3.05, 3.63) is 78.0 Å². The number of para-hydroxylation sites is 1. The number of ether oxygens (including phenoxy) is 1. The van der Waals surface area contributed by atoms with Gasteiger partial charge >= 0.3 is 0 Å². The molecule has 2 aromatic heterocycles. The van der Waals surface area contributed by atoms with Crippen LogP contribution in [0.2, 0.25) is 0 Å². The monoisotopic (exact) mass is 563 g/mol. The fourth-order valence-electron chi connectivity index (χ4n) is 4.82. The van der Waals surface area contributed by atoms with E-state index in [0.717, 1.165) is 10.9 Å². The Bertz CT molecular complexity index is 1600. The lowest BCUT2D eigenvalue weighted by molar-refractivity contribution is 0.0373. The van der Waals surface area contributed by atoms with Gasteiger partial charge in [0.2, 0.25) is 15.9 Å². The number of aliphatic hydroxyl groups excluding tert-OH is 1. The van der Waals surface area contributed by atoms with Crippen molar-refractivity contribution in [1.82, 2.24) is 14.2 Å². The Morgan fingerprint density at radius 3 is 2.58 bits per heavy atom. The maximum Gasteiger partial charge on any atom is 0.259 e. The molecule has 0 fully saturated rings. The second-order valence-corrected chi connectivity index (χ2v) is 12.5. The average Bonchev–Trinajstić information content (AvgIpc) is 3.39. The zero-order valence-corrected chi connectivity index (χ0v) is 23.8. The smallest absolute Gasteiger partial charge is 0.259 e. The summed E-state index contributed by atoms with van der Waals surface area (Å²) in [7, 11) is -2.26. The van der Waals surface area contributed by atoms with Crippen LogP contribution in [0.4, 0.5) is 0 Å². The highest BCUT2D eigenvalue weighted by atomic mass is 32.2. The van der Waals surface area contributed by atoms with Gasteiger partial charge in [-0.1, -0.05) is 42.8 Å². The Morgan fingerprint density at radius 1 is 1.15 bits per heavy atom. The maximum atomic E-state index is 13.7. The van der Waals surface area contributed by atoms with Crippen LogP contribution in [-0.4, -0.2) is 72.5 Å². The van der Waals surface area contributed by atoms with Crippen molar-refractivity contribution in [3.8, 4) is 17.2 Å². The lowest BCUT2D eigenvalue weighted by Gasteiger charge is -2.37. The van der Waals surface area contributed by atoms with Gasteiger partial charge in [0, 0.05) is 36.7 Å². The summed E-state index contributed by atoms with van der Waals surface area (Å²) in [6.07, 6.45) is 0.967. The largest absolute Gasteiger partial charge is 0.472 e. The second kappa shape index (κ2) is 11.0. The van der Waals surface area contributed by atoms with E-state index in [9.17, 15) is 18.3 Å². The van der Waals surface area contributed by atoms with E-state index in [0.29, 0.717) is 16.9 Å². The van der Waals surface area contributed by atoms with Gasteiger partial charge in [-0.3, -0.25) is 4.79 Å². The standard InChI is InChI=1S/C30H33N3O6S/c1-19-9-11-24(12-10-19)40(36,37)32(4)17-28-20(2)16-33(21(3)18-34)30(35)25-13-23(15-31-29(25)39-28)27-14-22-7-5-6-8-26(22)38-27/h5-15,20-21,28,34H,16-18H2,1-4H3/t20-,21+,28-/m0/s1. The van der Waals surface area contributed by atoms with Crippen LogP contribution < -0.4 is 4.74 Å². The summed E-state index contributed by atoms with van der Waals surface area (Å²) in [6, 6.07) is 17.4. The Balaban J connectivity index is 1.51. The topological polar surface area (TPSA) is 113 Å². The zero-order valence-electron chi connectivity index (χ0n) is 22.9. The number of amides is 1. The predicted octanol–water partition coefficient (Wildman–Crippen LogP) is 4.34. The number of likely N-dealkylation sites (N-methyl/N-ethyl adjacent to an activating group) is 1. The SMILES string of the molecule is Cc1ccc(S(=O)(=O)N(C)C[C@@H]2Oc3ncc(-c4cc5ccccc5o4)cc3C(=O)N([C@H](C)CO)C[C@@H]2C)cc1. The van der Waals surface area contributed by atoms with Gasteiger partial charge in [0.1, 0.15) is 23.0 Å². The van der Waals surface area contributed by atoms with Gasteiger partial charge in [-0.05, 0) is 44.2 Å². The molecule has 3 heterocycles. The minimum atomic E-state index is -3.78. The molecule has 40 heavy (non-hydrogen) atoms. The van der Waals surface area contributed by atoms with Gasteiger partial charge < -0.3 is 19.2 Å². The van der Waals surface area contributed by atoms with E-state index >= 15 is 0 Å². The first-order valence-electron chi connectivity index (χ1n) is 13.2. The number of nitrogens with zero attached hydrogens (tertiary/aromatic N) is 3. The van der Waals surface area contributed by atoms with Gasteiger partial charge in [-0.25, -0.2) is 13.4 Å². The van der Waals surface area contributed by atoms with Gasteiger partial charge in [-0.15, -0.1) is 0 Å². The number of hydrogen-bond donors (Lipinski definition) is 1. The van der Waals surface area contributed by atoms with Crippen LogP contribution in [0.15, 0.2) is 76.2 Å². The molecule has 9 nitrogen and oxygen atoms in total. The number of pyridine rings is 1. The summed E-state index contributed by atoms with van der Waals surface area (Å²) >= 11 is 0. The van der Waals surface area contributed by atoms with Crippen LogP contribution in [0.3, 0.4) is 0 Å². The quantitative estimate of drug-likeness (QED) is 0.356. The molecule has 0 aliphatic carbocycles. The van der Waals surface area contributed by atoms with E-state index in [4.69, 9.17) is 9.15 Å². The molecule has 2 aromatic carbocycles. The molecule has 10 heteroatoms. The van der Waals surface area contributed by atoms with Crippen molar-refractivity contribution in [2.24, 2.45) is 5.92 Å². The van der Waals surface area contributed by atoms with E-state index in [1.54, 1.807) is 48.4 Å². The van der Waals surface area contributed by atoms with E-state index in [2.05, 4.69) is 4.98 Å². The lowest BCUT2D eigenvalue weighted by Crippen LogP contribution is -2.50. The van der Waals surface area contributed by atoms with E-state index in [1.165, 1.54) is 11.4 Å². The Morgan fingerprint density at radius 2 is 1.88 bits per heavy atom. The number of carbonyl (C=O) groups is 1. The highest BCUT2D eigenvalue weighted by molar-refractivity contribution is 7.89. The number of aromatic nitrogens is 1. The van der Waals surface area contributed by atoms with Crippen molar-refractivity contribution >= 4 is 26.9 Å². The molecule has 3 atom stereocenters. The number of fused-ring (bicyclic) bond motifs is 2. The highest BCUT2D eigenvalue weighted by Crippen LogP contribution is 2.33. The number of carbonyl (C=O) groups excluding carboxylic acids is 1. The van der Waals surface area contributed by atoms with Crippen molar-refractivity contribution in [1.29, 1.82) is 0 Å². The van der Waals surface area contributed by atoms with E-state index < -0.39 is 22.2 Å². The van der Waals surface area contributed by atoms with Crippen molar-refractivity contribution in [2.45, 2.75) is 37.8 Å². The van der Waals surface area contributed by atoms with Crippen LogP contribution in [-0.2, 0) is 10.0 Å². The second-order valence-electron chi connectivity index (χ2n) is 10.4. The molecule has 0 spiro atoms. The first kappa shape index (κ1) is 27.8. The fraction of sp³-hybridized carbons (Fsp3) is 0.333. The molecule has 0 radical (unpaired) electrons. The van der Waals surface area contributed by atoms with Crippen LogP contribution in [0.25, 0.3) is 22.3 Å². The predicted molar refractivity (Wildman–Crippen MR) is 152 cm³/mol. The number of benzene rings is 2. The molecule has 1 aliphatic rings. The summed E-state index contributed by atoms with van der Waals surface area (Å²) in [4.78, 5) is 20.0. The van der Waals surface area contributed by atoms with Crippen molar-refractivity contribution < 1.29 is 27.5 Å². The molecular formula is C30H33N3O6S. The van der Waals surface area contributed by atoms with E-state index in [-0.39, 0.29) is 47.9 Å². The molecule has 210 valence electrons. The molecule has 1 N–H and O–H groups in total. The third-order valence-electron chi connectivity index (χ3n) is 7.40. The Labute approximate surface area is 234 Å². The maximum absolute atomic E-state index is 13.7. The molecular weight excluding hydrogens is 530 g/mol. The highest BCUT2D eigenvalue weighted by Gasteiger charge is 2.36. The minimum Gasteiger partial charge on any atom is -0.472 e. The number of rotatable bonds is 7. The lowest BCUT2D eigenvalue weighted by atomic mass is 10.00. The van der Waals surface area contributed by atoms with Gasteiger partial charge in [0.15, 0.2) is 0 Å². The number of aryl methyl sites for hydroxylation is 1. The van der Waals surface area contributed by atoms with Crippen molar-refractivity contribution in [3.63, 3.8) is 0 Å². The van der Waals surface area contributed by atoms with Crippen LogP contribution in [0, 0.1) is 12.8 Å². The van der Waals surface area contributed by atoms with Crippen LogP contribution in [0.1, 0.15) is 29.8 Å². The number of furan rings is 1. The third kappa shape index (κ3) is 5.34. The summed E-state index contributed by atoms with van der Waals surface area (Å²) in [5.74, 6) is 0.0752. The van der Waals surface area contributed by atoms with E-state index in [1.807, 2.05) is 44.2 Å². The number of hydrogen-bond acceptors (Lipinski definition) is 7. The molecule has 4 aromatic rings. The Hall–Kier alpha value is -3.73. The summed E-state index contributed by atoms with van der Waals surface area (Å²) in [5, 5.41) is 10.9. The minimum absolute atomic E-state index is 0.0410. The number of aliphatic hydroxyl groups is 1. The van der Waals surface area contributed by atoms with Crippen LogP contribution in [0.5, 0.6) is 5.88 Å². The summed E-state index contributed by atoms with van der Waals surface area (Å²) in [5.41, 5.74) is 2.51. The molecule has 0 unspecified atom stereocenters. The fourth-order valence-corrected chi connectivity index (χ4v) is 6.00. The van der Waals surface area contributed by atoms with Crippen LogP contribution >= 0.6 is 0 Å². The summed E-state index contributed by atoms with van der Waals surface area (Å²) in [6.45, 7) is 5.64.